The SMILES string of the molecule is NCc1c(-c2ccc(F)cc2)nc2ccccn12. The van der Waals surface area contributed by atoms with Gasteiger partial charge < -0.3 is 10.1 Å². The first-order valence-electron chi connectivity index (χ1n) is 5.71. The van der Waals surface area contributed by atoms with Gasteiger partial charge in [0, 0.05) is 18.3 Å². The van der Waals surface area contributed by atoms with Crippen molar-refractivity contribution in [2.45, 2.75) is 6.54 Å². The average Bonchev–Trinajstić information content (AvgIpc) is 2.78. The van der Waals surface area contributed by atoms with E-state index in [1.807, 2.05) is 28.8 Å². The van der Waals surface area contributed by atoms with Crippen LogP contribution in [0.15, 0.2) is 48.7 Å². The summed E-state index contributed by atoms with van der Waals surface area (Å²) in [6.07, 6.45) is 1.93. The molecule has 0 radical (unpaired) electrons. The molecule has 3 aromatic rings. The largest absolute Gasteiger partial charge is 0.325 e. The van der Waals surface area contributed by atoms with Crippen molar-refractivity contribution in [3.05, 3.63) is 60.2 Å². The van der Waals surface area contributed by atoms with Gasteiger partial charge in [-0.3, -0.25) is 0 Å². The second-order valence-electron chi connectivity index (χ2n) is 4.05. The molecule has 0 aliphatic heterocycles. The average molecular weight is 241 g/mol. The molecular formula is C14H12FN3. The lowest BCUT2D eigenvalue weighted by atomic mass is 10.1. The first-order chi connectivity index (χ1) is 8.79. The second-order valence-corrected chi connectivity index (χ2v) is 4.05. The Kier molecular flexibility index (Phi) is 2.57. The minimum Gasteiger partial charge on any atom is -0.325 e. The number of hydrogen-bond acceptors (Lipinski definition) is 2. The van der Waals surface area contributed by atoms with E-state index in [4.69, 9.17) is 5.73 Å². The summed E-state index contributed by atoms with van der Waals surface area (Å²) in [5.74, 6) is -0.253. The van der Waals surface area contributed by atoms with E-state index < -0.39 is 0 Å². The van der Waals surface area contributed by atoms with E-state index in [9.17, 15) is 4.39 Å². The van der Waals surface area contributed by atoms with E-state index in [1.54, 1.807) is 12.1 Å². The van der Waals surface area contributed by atoms with Crippen molar-refractivity contribution in [2.24, 2.45) is 5.73 Å². The number of imidazole rings is 1. The van der Waals surface area contributed by atoms with Gasteiger partial charge >= 0.3 is 0 Å². The highest BCUT2D eigenvalue weighted by atomic mass is 19.1. The van der Waals surface area contributed by atoms with Crippen LogP contribution in [0.3, 0.4) is 0 Å². The highest BCUT2D eigenvalue weighted by Crippen LogP contribution is 2.24. The van der Waals surface area contributed by atoms with E-state index in [2.05, 4.69) is 4.98 Å². The third-order valence-corrected chi connectivity index (χ3v) is 2.94. The van der Waals surface area contributed by atoms with Crippen LogP contribution in [0, 0.1) is 5.82 Å². The van der Waals surface area contributed by atoms with Crippen molar-refractivity contribution in [3.63, 3.8) is 0 Å². The van der Waals surface area contributed by atoms with Gasteiger partial charge in [-0.25, -0.2) is 9.37 Å². The molecular weight excluding hydrogens is 229 g/mol. The Morgan fingerprint density at radius 3 is 2.61 bits per heavy atom. The summed E-state index contributed by atoms with van der Waals surface area (Å²) >= 11 is 0. The van der Waals surface area contributed by atoms with Crippen molar-refractivity contribution in [3.8, 4) is 11.3 Å². The fourth-order valence-corrected chi connectivity index (χ4v) is 2.08. The zero-order chi connectivity index (χ0) is 12.5. The van der Waals surface area contributed by atoms with Gasteiger partial charge in [-0.1, -0.05) is 6.07 Å². The molecule has 4 heteroatoms. The summed E-state index contributed by atoms with van der Waals surface area (Å²) in [5.41, 5.74) is 9.25. The number of fused-ring (bicyclic) bond motifs is 1. The fraction of sp³-hybridized carbons (Fsp3) is 0.0714. The third-order valence-electron chi connectivity index (χ3n) is 2.94. The molecule has 0 atom stereocenters. The molecule has 0 spiro atoms. The first-order valence-corrected chi connectivity index (χ1v) is 5.71. The number of halogens is 1. The summed E-state index contributed by atoms with van der Waals surface area (Å²) in [4.78, 5) is 4.54. The number of nitrogens with zero attached hydrogens (tertiary/aromatic N) is 2. The molecule has 18 heavy (non-hydrogen) atoms. The maximum Gasteiger partial charge on any atom is 0.137 e. The zero-order valence-corrected chi connectivity index (χ0v) is 9.68. The normalized spacial score (nSPS) is 11.0. The van der Waals surface area contributed by atoms with Gasteiger partial charge in [0.15, 0.2) is 0 Å². The smallest absolute Gasteiger partial charge is 0.137 e. The van der Waals surface area contributed by atoms with Gasteiger partial charge in [0.05, 0.1) is 11.4 Å². The molecule has 3 rings (SSSR count). The number of hydrogen-bond donors (Lipinski definition) is 1. The predicted molar refractivity (Wildman–Crippen MR) is 68.5 cm³/mol. The molecule has 1 aromatic carbocycles. The Balaban J connectivity index is 2.25. The van der Waals surface area contributed by atoms with Gasteiger partial charge in [-0.15, -0.1) is 0 Å². The molecule has 0 aliphatic carbocycles. The lowest BCUT2D eigenvalue weighted by molar-refractivity contribution is 0.628. The van der Waals surface area contributed by atoms with Crippen LogP contribution in [-0.4, -0.2) is 9.38 Å². The van der Waals surface area contributed by atoms with Gasteiger partial charge in [-0.05, 0) is 36.4 Å². The number of pyridine rings is 1. The summed E-state index contributed by atoms with van der Waals surface area (Å²) in [5, 5.41) is 0. The van der Waals surface area contributed by atoms with Gasteiger partial charge in [0.2, 0.25) is 0 Å². The number of aromatic nitrogens is 2. The van der Waals surface area contributed by atoms with Crippen LogP contribution < -0.4 is 5.73 Å². The number of rotatable bonds is 2. The predicted octanol–water partition coefficient (Wildman–Crippen LogP) is 2.60. The standard InChI is InChI=1S/C14H12FN3/c15-11-6-4-10(5-7-11)14-12(9-16)18-8-2-1-3-13(18)17-14/h1-8H,9,16H2. The highest BCUT2D eigenvalue weighted by Gasteiger charge is 2.11. The van der Waals surface area contributed by atoms with Gasteiger partial charge in [-0.2, -0.15) is 0 Å². The fourth-order valence-electron chi connectivity index (χ4n) is 2.08. The molecule has 90 valence electrons. The lowest BCUT2D eigenvalue weighted by Crippen LogP contribution is -2.02. The van der Waals surface area contributed by atoms with E-state index in [0.29, 0.717) is 6.54 Å². The second kappa shape index (κ2) is 4.23. The van der Waals surface area contributed by atoms with E-state index in [-0.39, 0.29) is 5.82 Å². The summed E-state index contributed by atoms with van der Waals surface area (Å²) in [6.45, 7) is 0.387. The third kappa shape index (κ3) is 1.67. The van der Waals surface area contributed by atoms with E-state index in [0.717, 1.165) is 22.6 Å². The lowest BCUT2D eigenvalue weighted by Gasteiger charge is -2.02. The molecule has 0 aliphatic rings. The number of benzene rings is 1. The van der Waals surface area contributed by atoms with Crippen molar-refractivity contribution in [1.82, 2.24) is 9.38 Å². The molecule has 2 N–H and O–H groups in total. The number of nitrogens with two attached hydrogens (primary N) is 1. The molecule has 0 unspecified atom stereocenters. The molecule has 0 amide bonds. The van der Waals surface area contributed by atoms with Gasteiger partial charge in [0.25, 0.3) is 0 Å². The van der Waals surface area contributed by atoms with Crippen molar-refractivity contribution >= 4 is 5.65 Å². The van der Waals surface area contributed by atoms with E-state index in [1.165, 1.54) is 12.1 Å². The summed E-state index contributed by atoms with van der Waals surface area (Å²) in [7, 11) is 0. The maximum atomic E-state index is 12.9. The van der Waals surface area contributed by atoms with Crippen LogP contribution in [0.5, 0.6) is 0 Å². The van der Waals surface area contributed by atoms with Crippen LogP contribution in [0.25, 0.3) is 16.9 Å². The van der Waals surface area contributed by atoms with Crippen LogP contribution in [0.4, 0.5) is 4.39 Å². The zero-order valence-electron chi connectivity index (χ0n) is 9.68. The van der Waals surface area contributed by atoms with Crippen LogP contribution in [0.2, 0.25) is 0 Å². The Morgan fingerprint density at radius 1 is 1.11 bits per heavy atom. The first kappa shape index (κ1) is 10.9. The molecule has 0 saturated carbocycles. The Morgan fingerprint density at radius 2 is 1.89 bits per heavy atom. The maximum absolute atomic E-state index is 12.9. The minimum absolute atomic E-state index is 0.253. The topological polar surface area (TPSA) is 43.3 Å². The van der Waals surface area contributed by atoms with Crippen LogP contribution in [0.1, 0.15) is 5.69 Å². The molecule has 0 bridgehead atoms. The summed E-state index contributed by atoms with van der Waals surface area (Å²) in [6, 6.07) is 12.1. The monoisotopic (exact) mass is 241 g/mol. The van der Waals surface area contributed by atoms with Gasteiger partial charge in [0.1, 0.15) is 11.5 Å². The summed E-state index contributed by atoms with van der Waals surface area (Å²) < 4.78 is 14.9. The van der Waals surface area contributed by atoms with Crippen molar-refractivity contribution in [1.29, 1.82) is 0 Å². The highest BCUT2D eigenvalue weighted by molar-refractivity contribution is 5.66. The van der Waals surface area contributed by atoms with Crippen molar-refractivity contribution < 1.29 is 4.39 Å². The molecule has 0 fully saturated rings. The Hall–Kier alpha value is -2.20. The Bertz CT molecular complexity index is 686. The molecule has 2 heterocycles. The van der Waals surface area contributed by atoms with Crippen molar-refractivity contribution in [2.75, 3.05) is 0 Å². The van der Waals surface area contributed by atoms with Crippen LogP contribution >= 0.6 is 0 Å². The molecule has 2 aromatic heterocycles. The quantitative estimate of drug-likeness (QED) is 0.749. The van der Waals surface area contributed by atoms with Crippen LogP contribution in [-0.2, 0) is 6.54 Å². The minimum atomic E-state index is -0.253. The van der Waals surface area contributed by atoms with E-state index >= 15 is 0 Å². The Labute approximate surface area is 104 Å². The molecule has 0 saturated heterocycles. The molecule has 3 nitrogen and oxygen atoms in total.